The lowest BCUT2D eigenvalue weighted by molar-refractivity contribution is 0.125. The third kappa shape index (κ3) is 2.78. The van der Waals surface area contributed by atoms with Crippen molar-refractivity contribution in [3.05, 3.63) is 28.8 Å². The summed E-state index contributed by atoms with van der Waals surface area (Å²) in [5.74, 6) is 0. The Kier molecular flexibility index (Phi) is 4.37. The molecule has 0 aromatic heterocycles. The van der Waals surface area contributed by atoms with E-state index < -0.39 is 14.8 Å². The molecule has 1 unspecified atom stereocenters. The predicted octanol–water partition coefficient (Wildman–Crippen LogP) is 4.22. The molecule has 3 aliphatic rings. The molecule has 1 saturated heterocycles. The molecule has 4 rings (SSSR count). The zero-order valence-corrected chi connectivity index (χ0v) is 17.5. The van der Waals surface area contributed by atoms with E-state index in [-0.39, 0.29) is 11.6 Å². The summed E-state index contributed by atoms with van der Waals surface area (Å²) in [7, 11) is -3.31. The Labute approximate surface area is 162 Å². The molecule has 0 N–H and O–H groups in total. The Morgan fingerprint density at radius 2 is 1.92 bits per heavy atom. The van der Waals surface area contributed by atoms with E-state index in [0.29, 0.717) is 6.54 Å². The SMILES string of the molecule is CC(C)(C)S(=O)(=O)N1CC(N2CCCc3cc(Cl)ccc32)CC12CCC2. The fourth-order valence-electron chi connectivity index (χ4n) is 4.89. The topological polar surface area (TPSA) is 40.6 Å². The average molecular weight is 397 g/mol. The van der Waals surface area contributed by atoms with Gasteiger partial charge in [0.2, 0.25) is 10.0 Å². The maximum absolute atomic E-state index is 13.3. The van der Waals surface area contributed by atoms with Crippen LogP contribution in [0.2, 0.25) is 5.02 Å². The zero-order valence-electron chi connectivity index (χ0n) is 16.0. The lowest BCUT2D eigenvalue weighted by Crippen LogP contribution is -2.56. The molecule has 2 heterocycles. The Bertz CT molecular complexity index is 812. The molecule has 1 atom stereocenters. The number of fused-ring (bicyclic) bond motifs is 1. The van der Waals surface area contributed by atoms with Crippen LogP contribution >= 0.6 is 11.6 Å². The van der Waals surface area contributed by atoms with Crippen LogP contribution in [0.25, 0.3) is 0 Å². The minimum Gasteiger partial charge on any atom is -0.367 e. The Hall–Kier alpha value is -0.780. The van der Waals surface area contributed by atoms with Crippen molar-refractivity contribution < 1.29 is 8.42 Å². The summed E-state index contributed by atoms with van der Waals surface area (Å²) in [6.45, 7) is 7.07. The Morgan fingerprint density at radius 3 is 2.54 bits per heavy atom. The number of rotatable bonds is 2. The van der Waals surface area contributed by atoms with E-state index in [4.69, 9.17) is 11.6 Å². The molecule has 1 spiro atoms. The van der Waals surface area contributed by atoms with Crippen LogP contribution in [-0.2, 0) is 16.4 Å². The van der Waals surface area contributed by atoms with Gasteiger partial charge in [0.25, 0.3) is 0 Å². The lowest BCUT2D eigenvalue weighted by atomic mass is 9.75. The molecular formula is C20H29ClN2O2S. The smallest absolute Gasteiger partial charge is 0.219 e. The summed E-state index contributed by atoms with van der Waals surface area (Å²) in [5.41, 5.74) is 2.39. The number of hydrogen-bond acceptors (Lipinski definition) is 3. The predicted molar refractivity (Wildman–Crippen MR) is 107 cm³/mol. The van der Waals surface area contributed by atoms with Gasteiger partial charge in [-0.15, -0.1) is 0 Å². The maximum atomic E-state index is 13.3. The summed E-state index contributed by atoms with van der Waals surface area (Å²) in [5, 5.41) is 0.782. The lowest BCUT2D eigenvalue weighted by Gasteiger charge is -2.46. The summed E-state index contributed by atoms with van der Waals surface area (Å²) in [6, 6.07) is 6.40. The minimum atomic E-state index is -3.31. The Balaban J connectivity index is 1.67. The van der Waals surface area contributed by atoms with Crippen molar-refractivity contribution in [3.63, 3.8) is 0 Å². The second kappa shape index (κ2) is 6.11. The van der Waals surface area contributed by atoms with Crippen molar-refractivity contribution >= 4 is 27.3 Å². The highest BCUT2D eigenvalue weighted by Gasteiger charge is 2.57. The van der Waals surface area contributed by atoms with Gasteiger partial charge < -0.3 is 4.90 Å². The van der Waals surface area contributed by atoms with Crippen molar-refractivity contribution in [1.82, 2.24) is 4.31 Å². The van der Waals surface area contributed by atoms with Gasteiger partial charge in [0.1, 0.15) is 0 Å². The molecule has 1 aromatic rings. The number of nitrogens with zero attached hydrogens (tertiary/aromatic N) is 2. The molecule has 6 heteroatoms. The summed E-state index contributed by atoms with van der Waals surface area (Å²) in [6.07, 6.45) is 6.23. The standard InChI is InChI=1S/C20H29ClN2O2S/c1-19(2,3)26(24,25)23-14-17(13-20(23)9-5-10-20)22-11-4-6-15-12-16(21)7-8-18(15)22/h7-8,12,17H,4-6,9-11,13-14H2,1-3H3. The van der Waals surface area contributed by atoms with Gasteiger partial charge in [-0.3, -0.25) is 0 Å². The first-order valence-corrected chi connectivity index (χ1v) is 11.5. The molecule has 0 amide bonds. The second-order valence-electron chi connectivity index (χ2n) is 9.15. The van der Waals surface area contributed by atoms with Crippen LogP contribution in [0.5, 0.6) is 0 Å². The highest BCUT2D eigenvalue weighted by Crippen LogP contribution is 2.50. The largest absolute Gasteiger partial charge is 0.367 e. The van der Waals surface area contributed by atoms with Crippen LogP contribution in [0.4, 0.5) is 5.69 Å². The molecule has 2 aliphatic heterocycles. The van der Waals surface area contributed by atoms with Crippen molar-refractivity contribution in [2.75, 3.05) is 18.0 Å². The van der Waals surface area contributed by atoms with Gasteiger partial charge in [-0.2, -0.15) is 4.31 Å². The first-order valence-electron chi connectivity index (χ1n) is 9.72. The third-order valence-corrected chi connectivity index (χ3v) is 9.41. The molecular weight excluding hydrogens is 368 g/mol. The molecule has 0 radical (unpaired) electrons. The van der Waals surface area contributed by atoms with Crippen molar-refractivity contribution in [2.24, 2.45) is 0 Å². The Morgan fingerprint density at radius 1 is 1.19 bits per heavy atom. The van der Waals surface area contributed by atoms with E-state index in [1.54, 1.807) is 0 Å². The average Bonchev–Trinajstić information content (AvgIpc) is 2.94. The first kappa shape index (κ1) is 18.6. The maximum Gasteiger partial charge on any atom is 0.219 e. The van der Waals surface area contributed by atoms with Crippen molar-refractivity contribution in [2.45, 2.75) is 75.6 Å². The zero-order chi connectivity index (χ0) is 18.7. The van der Waals surface area contributed by atoms with Crippen LogP contribution in [0, 0.1) is 0 Å². The number of sulfonamides is 1. The van der Waals surface area contributed by atoms with E-state index in [9.17, 15) is 8.42 Å². The van der Waals surface area contributed by atoms with Gasteiger partial charge in [-0.25, -0.2) is 8.42 Å². The van der Waals surface area contributed by atoms with E-state index in [2.05, 4.69) is 17.0 Å². The van der Waals surface area contributed by atoms with Crippen molar-refractivity contribution in [3.8, 4) is 0 Å². The molecule has 144 valence electrons. The normalized spacial score (nSPS) is 26.0. The quantitative estimate of drug-likeness (QED) is 0.751. The number of halogens is 1. The van der Waals surface area contributed by atoms with E-state index >= 15 is 0 Å². The van der Waals surface area contributed by atoms with Gasteiger partial charge in [0, 0.05) is 35.4 Å². The number of anilines is 1. The van der Waals surface area contributed by atoms with Crippen LogP contribution in [0.3, 0.4) is 0 Å². The summed E-state index contributed by atoms with van der Waals surface area (Å²) >= 11 is 6.19. The van der Waals surface area contributed by atoms with Gasteiger partial charge in [0.05, 0.1) is 4.75 Å². The first-order chi connectivity index (χ1) is 12.1. The fraction of sp³-hybridized carbons (Fsp3) is 0.700. The fourth-order valence-corrected chi connectivity index (χ4v) is 6.89. The number of benzene rings is 1. The summed E-state index contributed by atoms with van der Waals surface area (Å²) < 4.78 is 27.7. The molecule has 0 bridgehead atoms. The van der Waals surface area contributed by atoms with Gasteiger partial charge in [0.15, 0.2) is 0 Å². The minimum absolute atomic E-state index is 0.152. The number of hydrogen-bond donors (Lipinski definition) is 0. The second-order valence-corrected chi connectivity index (χ2v) is 12.2. The van der Waals surface area contributed by atoms with Crippen molar-refractivity contribution in [1.29, 1.82) is 0 Å². The van der Waals surface area contributed by atoms with E-state index in [1.807, 2.05) is 31.1 Å². The van der Waals surface area contributed by atoms with Gasteiger partial charge >= 0.3 is 0 Å². The highest BCUT2D eigenvalue weighted by molar-refractivity contribution is 7.90. The molecule has 1 aliphatic carbocycles. The molecule has 4 nitrogen and oxygen atoms in total. The van der Waals surface area contributed by atoms with E-state index in [1.165, 1.54) is 11.3 Å². The van der Waals surface area contributed by atoms with Crippen LogP contribution in [0.1, 0.15) is 58.4 Å². The van der Waals surface area contributed by atoms with Crippen LogP contribution < -0.4 is 4.90 Å². The van der Waals surface area contributed by atoms with Crippen LogP contribution in [-0.4, -0.2) is 42.1 Å². The third-order valence-electron chi connectivity index (χ3n) is 6.51. The van der Waals surface area contributed by atoms with E-state index in [0.717, 1.165) is 50.1 Å². The monoisotopic (exact) mass is 396 g/mol. The molecule has 2 fully saturated rings. The summed E-state index contributed by atoms with van der Waals surface area (Å²) in [4.78, 5) is 2.45. The molecule has 1 saturated carbocycles. The van der Waals surface area contributed by atoms with Crippen LogP contribution in [0.15, 0.2) is 18.2 Å². The molecule has 1 aromatic carbocycles. The highest BCUT2D eigenvalue weighted by atomic mass is 35.5. The van der Waals surface area contributed by atoms with Gasteiger partial charge in [-0.05, 0) is 83.1 Å². The number of aryl methyl sites for hydroxylation is 1. The van der Waals surface area contributed by atoms with Gasteiger partial charge in [-0.1, -0.05) is 11.6 Å². The molecule has 26 heavy (non-hydrogen) atoms.